The summed E-state index contributed by atoms with van der Waals surface area (Å²) in [6.45, 7) is 0. The fraction of sp³-hybridized carbons (Fsp3) is 0.375. The second-order valence-corrected chi connectivity index (χ2v) is 4.22. The quantitative estimate of drug-likeness (QED) is 0.816. The molecule has 0 amide bonds. The van der Waals surface area contributed by atoms with Gasteiger partial charge in [-0.1, -0.05) is 11.3 Å². The Balaban J connectivity index is 2.10. The van der Waals surface area contributed by atoms with Crippen LogP contribution in [-0.2, 0) is 6.42 Å². The van der Waals surface area contributed by atoms with Crippen molar-refractivity contribution in [2.45, 2.75) is 12.8 Å². The Hall–Kier alpha value is -0.940. The number of halogens is 1. The number of alkyl halides is 1. The van der Waals surface area contributed by atoms with Crippen LogP contribution >= 0.6 is 22.9 Å². The maximum atomic E-state index is 5.60. The molecule has 14 heavy (non-hydrogen) atoms. The number of hydrogen-bond donors (Lipinski definition) is 1. The minimum Gasteiger partial charge on any atom is -0.285 e. The van der Waals surface area contributed by atoms with E-state index in [9.17, 15) is 0 Å². The number of rotatable bonds is 4. The highest BCUT2D eigenvalue weighted by atomic mass is 35.5. The van der Waals surface area contributed by atoms with E-state index in [4.69, 9.17) is 11.6 Å². The van der Waals surface area contributed by atoms with Crippen LogP contribution in [0.25, 0.3) is 10.6 Å². The molecule has 2 aromatic heterocycles. The molecule has 0 fully saturated rings. The predicted octanol–water partition coefficient (Wildman–Crippen LogP) is 2.10. The minimum atomic E-state index is 0.667. The van der Waals surface area contributed by atoms with Crippen molar-refractivity contribution in [3.8, 4) is 10.6 Å². The van der Waals surface area contributed by atoms with Crippen LogP contribution in [0.4, 0.5) is 0 Å². The van der Waals surface area contributed by atoms with E-state index in [1.165, 1.54) is 0 Å². The first-order valence-corrected chi connectivity index (χ1v) is 5.63. The first kappa shape index (κ1) is 9.61. The van der Waals surface area contributed by atoms with Gasteiger partial charge in [-0.05, 0) is 6.42 Å². The van der Waals surface area contributed by atoms with Crippen molar-refractivity contribution in [2.24, 2.45) is 0 Å². The number of nitrogens with zero attached hydrogens (tertiary/aromatic N) is 3. The van der Waals surface area contributed by atoms with E-state index in [2.05, 4.69) is 20.4 Å². The van der Waals surface area contributed by atoms with Gasteiger partial charge in [0.25, 0.3) is 0 Å². The molecule has 2 heterocycles. The third kappa shape index (κ3) is 2.10. The highest BCUT2D eigenvalue weighted by Gasteiger charge is 2.06. The number of aryl methyl sites for hydroxylation is 1. The Labute approximate surface area is 90.3 Å². The van der Waals surface area contributed by atoms with Gasteiger partial charge in [-0.3, -0.25) is 5.10 Å². The molecule has 0 saturated carbocycles. The average Bonchev–Trinajstić information content (AvgIpc) is 2.85. The number of hydrogen-bond acceptors (Lipinski definition) is 4. The van der Waals surface area contributed by atoms with Crippen molar-refractivity contribution >= 4 is 22.9 Å². The van der Waals surface area contributed by atoms with Gasteiger partial charge < -0.3 is 0 Å². The molecule has 0 saturated heterocycles. The lowest BCUT2D eigenvalue weighted by molar-refractivity contribution is 0.884. The van der Waals surface area contributed by atoms with E-state index in [1.807, 2.05) is 6.20 Å². The number of aromatic amines is 1. The zero-order valence-corrected chi connectivity index (χ0v) is 8.98. The summed E-state index contributed by atoms with van der Waals surface area (Å²) >= 11 is 7.19. The maximum Gasteiger partial charge on any atom is 0.150 e. The normalized spacial score (nSPS) is 10.6. The lowest BCUT2D eigenvalue weighted by Gasteiger charge is -1.87. The van der Waals surface area contributed by atoms with Crippen LogP contribution in [0.5, 0.6) is 0 Å². The Morgan fingerprint density at radius 1 is 1.43 bits per heavy atom. The van der Waals surface area contributed by atoms with Gasteiger partial charge in [-0.2, -0.15) is 5.10 Å². The van der Waals surface area contributed by atoms with E-state index in [0.29, 0.717) is 5.88 Å². The van der Waals surface area contributed by atoms with Crippen LogP contribution in [0.1, 0.15) is 11.4 Å². The maximum absolute atomic E-state index is 5.60. The Morgan fingerprint density at radius 3 is 3.07 bits per heavy atom. The fourth-order valence-electron chi connectivity index (χ4n) is 1.06. The van der Waals surface area contributed by atoms with Crippen LogP contribution < -0.4 is 0 Å². The fourth-order valence-corrected chi connectivity index (χ4v) is 2.05. The van der Waals surface area contributed by atoms with E-state index in [0.717, 1.165) is 28.4 Å². The van der Waals surface area contributed by atoms with Gasteiger partial charge in [0.15, 0.2) is 5.01 Å². The Morgan fingerprint density at radius 2 is 2.36 bits per heavy atom. The lowest BCUT2D eigenvalue weighted by Crippen LogP contribution is -1.84. The van der Waals surface area contributed by atoms with Crippen molar-refractivity contribution in [1.82, 2.24) is 20.4 Å². The standard InChI is InChI=1S/C8H9ClN4S/c9-3-1-2-7-12-13-8(14-7)6-4-10-11-5-6/h4-5H,1-3H2,(H,10,11). The molecular formula is C8H9ClN4S. The number of nitrogens with one attached hydrogen (secondary N) is 1. The van der Waals surface area contributed by atoms with Gasteiger partial charge in [-0.25, -0.2) is 0 Å². The first-order valence-electron chi connectivity index (χ1n) is 4.27. The summed E-state index contributed by atoms with van der Waals surface area (Å²) < 4.78 is 0. The first-order chi connectivity index (χ1) is 6.90. The minimum absolute atomic E-state index is 0.667. The second-order valence-electron chi connectivity index (χ2n) is 2.78. The lowest BCUT2D eigenvalue weighted by atomic mass is 10.4. The summed E-state index contributed by atoms with van der Waals surface area (Å²) in [6, 6.07) is 0. The molecule has 2 aromatic rings. The Kier molecular flexibility index (Phi) is 3.10. The van der Waals surface area contributed by atoms with Gasteiger partial charge >= 0.3 is 0 Å². The molecule has 1 N–H and O–H groups in total. The van der Waals surface area contributed by atoms with Crippen LogP contribution in [0.15, 0.2) is 12.4 Å². The van der Waals surface area contributed by atoms with Gasteiger partial charge in [0.1, 0.15) is 5.01 Å². The second kappa shape index (κ2) is 4.52. The van der Waals surface area contributed by atoms with Crippen molar-refractivity contribution in [1.29, 1.82) is 0 Å². The average molecular weight is 229 g/mol. The summed E-state index contributed by atoms with van der Waals surface area (Å²) in [6.07, 6.45) is 5.40. The molecule has 0 aliphatic carbocycles. The molecule has 0 unspecified atom stereocenters. The largest absolute Gasteiger partial charge is 0.285 e. The molecule has 6 heteroatoms. The van der Waals surface area contributed by atoms with Crippen molar-refractivity contribution in [3.63, 3.8) is 0 Å². The molecule has 0 radical (unpaired) electrons. The van der Waals surface area contributed by atoms with Gasteiger partial charge in [0, 0.05) is 18.5 Å². The van der Waals surface area contributed by atoms with Crippen molar-refractivity contribution in [2.75, 3.05) is 5.88 Å². The molecule has 4 nitrogen and oxygen atoms in total. The van der Waals surface area contributed by atoms with Crippen LogP contribution in [0, 0.1) is 0 Å². The zero-order chi connectivity index (χ0) is 9.80. The molecule has 2 rings (SSSR count). The summed E-state index contributed by atoms with van der Waals surface area (Å²) in [4.78, 5) is 0. The number of aromatic nitrogens is 4. The summed E-state index contributed by atoms with van der Waals surface area (Å²) in [5.74, 6) is 0.667. The van der Waals surface area contributed by atoms with Crippen LogP contribution in [0.2, 0.25) is 0 Å². The van der Waals surface area contributed by atoms with Crippen LogP contribution in [-0.4, -0.2) is 26.3 Å². The molecule has 0 aliphatic rings. The van der Waals surface area contributed by atoms with Crippen LogP contribution in [0.3, 0.4) is 0 Å². The smallest absolute Gasteiger partial charge is 0.150 e. The topological polar surface area (TPSA) is 54.5 Å². The van der Waals surface area contributed by atoms with Gasteiger partial charge in [-0.15, -0.1) is 21.8 Å². The van der Waals surface area contributed by atoms with E-state index in [1.54, 1.807) is 17.5 Å². The van der Waals surface area contributed by atoms with E-state index in [-0.39, 0.29) is 0 Å². The third-order valence-corrected chi connectivity index (χ3v) is 3.04. The molecule has 0 aliphatic heterocycles. The van der Waals surface area contributed by atoms with E-state index >= 15 is 0 Å². The van der Waals surface area contributed by atoms with Crippen molar-refractivity contribution < 1.29 is 0 Å². The van der Waals surface area contributed by atoms with Gasteiger partial charge in [0.05, 0.1) is 11.8 Å². The Bertz CT molecular complexity index is 384. The summed E-state index contributed by atoms with van der Waals surface area (Å²) in [5.41, 5.74) is 0.986. The zero-order valence-electron chi connectivity index (χ0n) is 7.40. The third-order valence-electron chi connectivity index (χ3n) is 1.74. The summed E-state index contributed by atoms with van der Waals surface area (Å²) in [7, 11) is 0. The number of H-pyrrole nitrogens is 1. The SMILES string of the molecule is ClCCCc1nnc(-c2cn[nH]c2)s1. The predicted molar refractivity (Wildman–Crippen MR) is 56.5 cm³/mol. The molecule has 0 atom stereocenters. The van der Waals surface area contributed by atoms with Crippen molar-refractivity contribution in [3.05, 3.63) is 17.4 Å². The van der Waals surface area contributed by atoms with E-state index < -0.39 is 0 Å². The summed E-state index contributed by atoms with van der Waals surface area (Å²) in [5, 5.41) is 16.7. The molecule has 0 spiro atoms. The van der Waals surface area contributed by atoms with Gasteiger partial charge in [0.2, 0.25) is 0 Å². The molecule has 74 valence electrons. The molecular weight excluding hydrogens is 220 g/mol. The monoisotopic (exact) mass is 228 g/mol. The highest BCUT2D eigenvalue weighted by molar-refractivity contribution is 7.14. The molecule has 0 bridgehead atoms. The molecule has 0 aromatic carbocycles. The highest BCUT2D eigenvalue weighted by Crippen LogP contribution is 2.22.